The maximum absolute atomic E-state index is 4.58. The predicted molar refractivity (Wildman–Crippen MR) is 83.9 cm³/mol. The summed E-state index contributed by atoms with van der Waals surface area (Å²) in [5.74, 6) is 0. The second kappa shape index (κ2) is 6.72. The zero-order valence-corrected chi connectivity index (χ0v) is 13.5. The summed E-state index contributed by atoms with van der Waals surface area (Å²) in [5, 5.41) is 8.32. The van der Waals surface area contributed by atoms with Crippen molar-refractivity contribution in [3.63, 3.8) is 0 Å². The number of aromatic nitrogens is 2. The molecule has 20 heavy (non-hydrogen) atoms. The third kappa shape index (κ3) is 3.23. The first-order valence-electron chi connectivity index (χ1n) is 7.98. The van der Waals surface area contributed by atoms with Gasteiger partial charge in [0.2, 0.25) is 0 Å². The van der Waals surface area contributed by atoms with Crippen LogP contribution in [0.15, 0.2) is 12.3 Å². The standard InChI is InChI=1S/C16H30N4/c1-5-17-15(13-14-9-12-20(4)18-14)16(19(2)3)10-7-6-8-11-16/h9,12,15,17H,5-8,10-11,13H2,1-4H3. The molecule has 4 heteroatoms. The molecule has 1 aromatic heterocycles. The molecule has 0 bridgehead atoms. The fraction of sp³-hybridized carbons (Fsp3) is 0.812. The molecule has 2 rings (SSSR count). The van der Waals surface area contributed by atoms with Crippen LogP contribution in [0, 0.1) is 0 Å². The Hall–Kier alpha value is -0.870. The Labute approximate surface area is 123 Å². The van der Waals surface area contributed by atoms with Gasteiger partial charge in [-0.2, -0.15) is 5.10 Å². The van der Waals surface area contributed by atoms with Gasteiger partial charge in [-0.3, -0.25) is 4.68 Å². The largest absolute Gasteiger partial charge is 0.312 e. The van der Waals surface area contributed by atoms with Crippen molar-refractivity contribution in [3.8, 4) is 0 Å². The van der Waals surface area contributed by atoms with Crippen molar-refractivity contribution < 1.29 is 0 Å². The van der Waals surface area contributed by atoms with Crippen LogP contribution in [-0.2, 0) is 13.5 Å². The van der Waals surface area contributed by atoms with Gasteiger partial charge in [0.1, 0.15) is 0 Å². The van der Waals surface area contributed by atoms with Gasteiger partial charge in [-0.25, -0.2) is 0 Å². The van der Waals surface area contributed by atoms with Gasteiger partial charge >= 0.3 is 0 Å². The highest BCUT2D eigenvalue weighted by Gasteiger charge is 2.41. The molecule has 1 fully saturated rings. The molecule has 1 heterocycles. The van der Waals surface area contributed by atoms with Crippen molar-refractivity contribution >= 4 is 0 Å². The summed E-state index contributed by atoms with van der Waals surface area (Å²) in [7, 11) is 6.48. The molecule has 1 unspecified atom stereocenters. The van der Waals surface area contributed by atoms with Crippen molar-refractivity contribution in [2.24, 2.45) is 7.05 Å². The fourth-order valence-corrected chi connectivity index (χ4v) is 3.75. The van der Waals surface area contributed by atoms with Crippen molar-refractivity contribution in [1.82, 2.24) is 20.0 Å². The number of nitrogens with zero attached hydrogens (tertiary/aromatic N) is 3. The molecule has 0 spiro atoms. The number of hydrogen-bond acceptors (Lipinski definition) is 3. The van der Waals surface area contributed by atoms with Crippen LogP contribution in [0.3, 0.4) is 0 Å². The van der Waals surface area contributed by atoms with Gasteiger partial charge in [-0.05, 0) is 39.5 Å². The van der Waals surface area contributed by atoms with Crippen molar-refractivity contribution in [2.75, 3.05) is 20.6 Å². The van der Waals surface area contributed by atoms with Gasteiger partial charge < -0.3 is 10.2 Å². The SMILES string of the molecule is CCNC(Cc1ccn(C)n1)C1(N(C)C)CCCCC1. The number of aryl methyl sites for hydroxylation is 1. The predicted octanol–water partition coefficient (Wildman–Crippen LogP) is 2.21. The van der Waals surface area contributed by atoms with Crippen molar-refractivity contribution in [2.45, 2.75) is 57.0 Å². The topological polar surface area (TPSA) is 33.1 Å². The van der Waals surface area contributed by atoms with E-state index in [0.717, 1.165) is 13.0 Å². The molecule has 1 saturated carbocycles. The van der Waals surface area contributed by atoms with E-state index in [4.69, 9.17) is 0 Å². The first kappa shape index (κ1) is 15.5. The van der Waals surface area contributed by atoms with E-state index in [2.05, 4.69) is 42.4 Å². The molecule has 0 amide bonds. The van der Waals surface area contributed by atoms with Gasteiger partial charge in [0.15, 0.2) is 0 Å². The average molecular weight is 278 g/mol. The van der Waals surface area contributed by atoms with Crippen LogP contribution in [0.4, 0.5) is 0 Å². The van der Waals surface area contributed by atoms with Crippen LogP contribution in [0.25, 0.3) is 0 Å². The third-order valence-electron chi connectivity index (χ3n) is 4.89. The molecule has 114 valence electrons. The summed E-state index contributed by atoms with van der Waals surface area (Å²) in [5.41, 5.74) is 1.48. The lowest BCUT2D eigenvalue weighted by Gasteiger charge is -2.48. The monoisotopic (exact) mass is 278 g/mol. The van der Waals surface area contributed by atoms with E-state index in [9.17, 15) is 0 Å². The molecular formula is C16H30N4. The number of hydrogen-bond donors (Lipinski definition) is 1. The molecule has 1 N–H and O–H groups in total. The molecule has 1 aliphatic carbocycles. The average Bonchev–Trinajstić information content (AvgIpc) is 2.84. The molecule has 1 aromatic rings. The molecule has 1 atom stereocenters. The second-order valence-corrected chi connectivity index (χ2v) is 6.35. The van der Waals surface area contributed by atoms with Gasteiger partial charge in [-0.1, -0.05) is 26.2 Å². The molecule has 1 aliphatic rings. The first-order valence-corrected chi connectivity index (χ1v) is 7.98. The summed E-state index contributed by atoms with van der Waals surface area (Å²) in [6.07, 6.45) is 9.74. The Morgan fingerprint density at radius 1 is 1.35 bits per heavy atom. The second-order valence-electron chi connectivity index (χ2n) is 6.35. The Morgan fingerprint density at radius 2 is 2.05 bits per heavy atom. The number of likely N-dealkylation sites (N-methyl/N-ethyl adjacent to an activating group) is 2. The summed E-state index contributed by atoms with van der Waals surface area (Å²) in [6, 6.07) is 2.63. The quantitative estimate of drug-likeness (QED) is 0.866. The van der Waals surface area contributed by atoms with Crippen LogP contribution < -0.4 is 5.32 Å². The summed E-state index contributed by atoms with van der Waals surface area (Å²) >= 11 is 0. The van der Waals surface area contributed by atoms with Crippen LogP contribution in [0.5, 0.6) is 0 Å². The minimum Gasteiger partial charge on any atom is -0.312 e. The van der Waals surface area contributed by atoms with E-state index in [1.807, 2.05) is 17.9 Å². The number of rotatable bonds is 6. The van der Waals surface area contributed by atoms with Crippen molar-refractivity contribution in [1.29, 1.82) is 0 Å². The van der Waals surface area contributed by atoms with Crippen molar-refractivity contribution in [3.05, 3.63) is 18.0 Å². The lowest BCUT2D eigenvalue weighted by atomic mass is 9.74. The molecule has 0 aliphatic heterocycles. The smallest absolute Gasteiger partial charge is 0.0640 e. The third-order valence-corrected chi connectivity index (χ3v) is 4.89. The van der Waals surface area contributed by atoms with Crippen LogP contribution in [-0.4, -0.2) is 46.9 Å². The van der Waals surface area contributed by atoms with Crippen LogP contribution >= 0.6 is 0 Å². The van der Waals surface area contributed by atoms with E-state index in [0.29, 0.717) is 6.04 Å². The van der Waals surface area contributed by atoms with Gasteiger partial charge in [0.05, 0.1) is 5.69 Å². The van der Waals surface area contributed by atoms with Gasteiger partial charge in [-0.15, -0.1) is 0 Å². The first-order chi connectivity index (χ1) is 9.58. The normalized spacial score (nSPS) is 20.2. The van der Waals surface area contributed by atoms with E-state index in [1.165, 1.54) is 37.8 Å². The summed E-state index contributed by atoms with van der Waals surface area (Å²) in [6.45, 7) is 3.23. The highest BCUT2D eigenvalue weighted by atomic mass is 15.3. The minimum absolute atomic E-state index is 0.284. The minimum atomic E-state index is 0.284. The number of nitrogens with one attached hydrogen (secondary N) is 1. The van der Waals surface area contributed by atoms with Gasteiger partial charge in [0, 0.05) is 31.2 Å². The Balaban J connectivity index is 2.19. The Morgan fingerprint density at radius 3 is 2.55 bits per heavy atom. The molecule has 0 aromatic carbocycles. The molecule has 0 saturated heterocycles. The molecule has 0 radical (unpaired) electrons. The Bertz CT molecular complexity index is 404. The lowest BCUT2D eigenvalue weighted by Crippen LogP contribution is -2.60. The van der Waals surface area contributed by atoms with E-state index in [-0.39, 0.29) is 5.54 Å². The lowest BCUT2D eigenvalue weighted by molar-refractivity contribution is 0.0571. The fourth-order valence-electron chi connectivity index (χ4n) is 3.75. The maximum Gasteiger partial charge on any atom is 0.0640 e. The highest BCUT2D eigenvalue weighted by Crippen LogP contribution is 2.36. The zero-order chi connectivity index (χ0) is 14.6. The maximum atomic E-state index is 4.58. The van der Waals surface area contributed by atoms with E-state index in [1.54, 1.807) is 0 Å². The Kier molecular flexibility index (Phi) is 5.22. The highest BCUT2D eigenvalue weighted by molar-refractivity contribution is 5.09. The van der Waals surface area contributed by atoms with Gasteiger partial charge in [0.25, 0.3) is 0 Å². The summed E-state index contributed by atoms with van der Waals surface area (Å²) < 4.78 is 1.90. The molecular weight excluding hydrogens is 248 g/mol. The van der Waals surface area contributed by atoms with E-state index >= 15 is 0 Å². The molecule has 4 nitrogen and oxygen atoms in total. The summed E-state index contributed by atoms with van der Waals surface area (Å²) in [4.78, 5) is 2.46. The van der Waals surface area contributed by atoms with Crippen LogP contribution in [0.2, 0.25) is 0 Å². The zero-order valence-electron chi connectivity index (χ0n) is 13.5. The van der Waals surface area contributed by atoms with E-state index < -0.39 is 0 Å². The van der Waals surface area contributed by atoms with Crippen LogP contribution in [0.1, 0.15) is 44.7 Å².